The third kappa shape index (κ3) is 4.93. The predicted octanol–water partition coefficient (Wildman–Crippen LogP) is 4.56. The van der Waals surface area contributed by atoms with Crippen LogP contribution in [0.15, 0.2) is 29.4 Å². The number of aromatic nitrogens is 3. The lowest BCUT2D eigenvalue weighted by atomic mass is 10.1. The number of rotatable bonds is 10. The van der Waals surface area contributed by atoms with E-state index in [1.54, 1.807) is 11.8 Å². The highest BCUT2D eigenvalue weighted by Crippen LogP contribution is 2.41. The molecule has 1 saturated heterocycles. The number of hydrogen-bond donors (Lipinski definition) is 0. The first-order chi connectivity index (χ1) is 13.8. The van der Waals surface area contributed by atoms with Gasteiger partial charge in [-0.15, -0.1) is 10.2 Å². The van der Waals surface area contributed by atoms with E-state index in [1.807, 2.05) is 24.3 Å². The van der Waals surface area contributed by atoms with E-state index in [4.69, 9.17) is 9.47 Å². The number of hydrogen-bond acceptors (Lipinski definition) is 6. The fourth-order valence-corrected chi connectivity index (χ4v) is 4.29. The number of ether oxygens (including phenoxy) is 2. The van der Waals surface area contributed by atoms with E-state index in [9.17, 15) is 0 Å². The Morgan fingerprint density at radius 1 is 0.964 bits per heavy atom. The van der Waals surface area contributed by atoms with Crippen molar-refractivity contribution in [3.8, 4) is 11.5 Å². The molecule has 7 heteroatoms. The van der Waals surface area contributed by atoms with Crippen LogP contribution in [0.1, 0.15) is 51.5 Å². The number of benzene rings is 1. The minimum Gasteiger partial charge on any atom is -0.494 e. The molecule has 1 aliphatic heterocycles. The third-order valence-corrected chi connectivity index (χ3v) is 5.98. The number of thioether (sulfide) groups is 1. The standard InChI is InChI=1S/C21H30N4O2S/c1-2-14-26-18-8-10-19(11-9-18)27-15-16-28-21-23-22-20(25(21)17-6-7-17)24-12-4-3-5-13-24/h8-11,17H,2-7,12-16H2,1H3. The summed E-state index contributed by atoms with van der Waals surface area (Å²) in [6.45, 7) is 5.72. The lowest BCUT2D eigenvalue weighted by Crippen LogP contribution is -2.31. The second-order valence-corrected chi connectivity index (χ2v) is 8.51. The van der Waals surface area contributed by atoms with Crippen molar-refractivity contribution in [3.05, 3.63) is 24.3 Å². The SMILES string of the molecule is CCCOc1ccc(OCCSc2nnc(N3CCCCC3)n2C2CC2)cc1. The lowest BCUT2D eigenvalue weighted by Gasteiger charge is -2.27. The van der Waals surface area contributed by atoms with E-state index in [2.05, 4.69) is 26.6 Å². The van der Waals surface area contributed by atoms with Crippen LogP contribution in [0.25, 0.3) is 0 Å². The van der Waals surface area contributed by atoms with Crippen LogP contribution in [-0.2, 0) is 0 Å². The molecule has 0 radical (unpaired) electrons. The highest BCUT2D eigenvalue weighted by molar-refractivity contribution is 7.99. The zero-order valence-electron chi connectivity index (χ0n) is 16.7. The molecule has 2 aliphatic rings. The minimum atomic E-state index is 0.589. The van der Waals surface area contributed by atoms with Gasteiger partial charge in [-0.05, 0) is 62.8 Å². The summed E-state index contributed by atoms with van der Waals surface area (Å²) in [5.41, 5.74) is 0. The molecule has 0 spiro atoms. The van der Waals surface area contributed by atoms with Gasteiger partial charge in [-0.25, -0.2) is 0 Å². The van der Waals surface area contributed by atoms with Crippen molar-refractivity contribution in [3.63, 3.8) is 0 Å². The Morgan fingerprint density at radius 3 is 2.29 bits per heavy atom. The van der Waals surface area contributed by atoms with Gasteiger partial charge in [0.25, 0.3) is 0 Å². The quantitative estimate of drug-likeness (QED) is 0.429. The highest BCUT2D eigenvalue weighted by atomic mass is 32.2. The van der Waals surface area contributed by atoms with E-state index < -0.39 is 0 Å². The molecule has 1 saturated carbocycles. The summed E-state index contributed by atoms with van der Waals surface area (Å²) in [7, 11) is 0. The molecule has 2 fully saturated rings. The van der Waals surface area contributed by atoms with Gasteiger partial charge in [-0.3, -0.25) is 4.57 Å². The van der Waals surface area contributed by atoms with Gasteiger partial charge in [-0.1, -0.05) is 18.7 Å². The number of nitrogens with zero attached hydrogens (tertiary/aromatic N) is 4. The van der Waals surface area contributed by atoms with E-state index in [-0.39, 0.29) is 0 Å². The molecule has 2 heterocycles. The molecule has 2 aromatic rings. The molecule has 28 heavy (non-hydrogen) atoms. The summed E-state index contributed by atoms with van der Waals surface area (Å²) in [5, 5.41) is 10.1. The first-order valence-corrected chi connectivity index (χ1v) is 11.5. The molecule has 6 nitrogen and oxygen atoms in total. The normalized spacial score (nSPS) is 17.0. The van der Waals surface area contributed by atoms with Gasteiger partial charge < -0.3 is 14.4 Å². The van der Waals surface area contributed by atoms with Crippen LogP contribution >= 0.6 is 11.8 Å². The van der Waals surface area contributed by atoms with Gasteiger partial charge in [0.05, 0.1) is 13.2 Å². The lowest BCUT2D eigenvalue weighted by molar-refractivity contribution is 0.314. The van der Waals surface area contributed by atoms with Crippen LogP contribution in [0.4, 0.5) is 5.95 Å². The molecule has 0 unspecified atom stereocenters. The Labute approximate surface area is 171 Å². The van der Waals surface area contributed by atoms with E-state index in [0.717, 1.165) is 54.5 Å². The minimum absolute atomic E-state index is 0.589. The van der Waals surface area contributed by atoms with Gasteiger partial charge in [0, 0.05) is 24.9 Å². The maximum atomic E-state index is 5.88. The summed E-state index contributed by atoms with van der Waals surface area (Å²) in [5.74, 6) is 3.71. The average Bonchev–Trinajstić information content (AvgIpc) is 3.50. The molecular formula is C21H30N4O2S. The fraction of sp³-hybridized carbons (Fsp3) is 0.619. The van der Waals surface area contributed by atoms with Crippen LogP contribution in [0, 0.1) is 0 Å². The summed E-state index contributed by atoms with van der Waals surface area (Å²) in [6, 6.07) is 8.46. The van der Waals surface area contributed by atoms with Crippen molar-refractivity contribution in [2.24, 2.45) is 0 Å². The smallest absolute Gasteiger partial charge is 0.228 e. The second-order valence-electron chi connectivity index (χ2n) is 7.45. The Bertz CT molecular complexity index is 739. The maximum absolute atomic E-state index is 5.88. The zero-order chi connectivity index (χ0) is 19.2. The molecule has 0 atom stereocenters. The first kappa shape index (κ1) is 19.4. The van der Waals surface area contributed by atoms with Crippen molar-refractivity contribution >= 4 is 17.7 Å². The molecule has 1 aromatic heterocycles. The average molecular weight is 403 g/mol. The van der Waals surface area contributed by atoms with Gasteiger partial charge in [0.1, 0.15) is 11.5 Å². The molecule has 4 rings (SSSR count). The molecule has 1 aliphatic carbocycles. The highest BCUT2D eigenvalue weighted by Gasteiger charge is 2.31. The van der Waals surface area contributed by atoms with E-state index in [1.165, 1.54) is 32.1 Å². The van der Waals surface area contributed by atoms with E-state index >= 15 is 0 Å². The Morgan fingerprint density at radius 2 is 1.64 bits per heavy atom. The first-order valence-electron chi connectivity index (χ1n) is 10.5. The fourth-order valence-electron chi connectivity index (χ4n) is 3.47. The van der Waals surface area contributed by atoms with Crippen LogP contribution in [-0.4, -0.2) is 46.8 Å². The monoisotopic (exact) mass is 402 g/mol. The van der Waals surface area contributed by atoms with Crippen molar-refractivity contribution < 1.29 is 9.47 Å². The van der Waals surface area contributed by atoms with E-state index in [0.29, 0.717) is 12.6 Å². The van der Waals surface area contributed by atoms with Gasteiger partial charge in [-0.2, -0.15) is 0 Å². The number of piperidine rings is 1. The Balaban J connectivity index is 1.28. The van der Waals surface area contributed by atoms with Crippen LogP contribution < -0.4 is 14.4 Å². The summed E-state index contributed by atoms with van der Waals surface area (Å²) < 4.78 is 13.9. The molecular weight excluding hydrogens is 372 g/mol. The van der Waals surface area contributed by atoms with Crippen molar-refractivity contribution in [2.75, 3.05) is 37.0 Å². The maximum Gasteiger partial charge on any atom is 0.228 e. The second kappa shape index (κ2) is 9.54. The van der Waals surface area contributed by atoms with Crippen LogP contribution in [0.3, 0.4) is 0 Å². The van der Waals surface area contributed by atoms with Gasteiger partial charge in [0.15, 0.2) is 5.16 Å². The summed E-state index contributed by atoms with van der Waals surface area (Å²) in [4.78, 5) is 2.41. The van der Waals surface area contributed by atoms with Gasteiger partial charge in [0.2, 0.25) is 5.95 Å². The zero-order valence-corrected chi connectivity index (χ0v) is 17.5. The molecule has 152 valence electrons. The largest absolute Gasteiger partial charge is 0.494 e. The third-order valence-electron chi connectivity index (χ3n) is 5.08. The summed E-state index contributed by atoms with van der Waals surface area (Å²) >= 11 is 1.75. The topological polar surface area (TPSA) is 52.4 Å². The molecule has 1 aromatic carbocycles. The predicted molar refractivity (Wildman–Crippen MR) is 113 cm³/mol. The number of anilines is 1. The van der Waals surface area contributed by atoms with Crippen molar-refractivity contribution in [1.29, 1.82) is 0 Å². The molecule has 0 bridgehead atoms. The summed E-state index contributed by atoms with van der Waals surface area (Å²) in [6.07, 6.45) is 7.36. The van der Waals surface area contributed by atoms with Crippen molar-refractivity contribution in [1.82, 2.24) is 14.8 Å². The van der Waals surface area contributed by atoms with Gasteiger partial charge >= 0.3 is 0 Å². The Hall–Kier alpha value is -1.89. The van der Waals surface area contributed by atoms with Crippen LogP contribution in [0.2, 0.25) is 0 Å². The molecule has 0 N–H and O–H groups in total. The van der Waals surface area contributed by atoms with Crippen molar-refractivity contribution in [2.45, 2.75) is 56.6 Å². The van der Waals surface area contributed by atoms with Crippen LogP contribution in [0.5, 0.6) is 11.5 Å². The molecule has 0 amide bonds. The Kier molecular flexibility index (Phi) is 6.62.